The van der Waals surface area contributed by atoms with E-state index in [-0.39, 0.29) is 28.2 Å². The molecule has 3 nitrogen and oxygen atoms in total. The van der Waals surface area contributed by atoms with E-state index < -0.39 is 16.6 Å². The molecule has 0 fully saturated rings. The molecule has 3 atom stereocenters. The Morgan fingerprint density at radius 1 is 0.963 bits per heavy atom. The molecule has 0 aromatic carbocycles. The molecule has 0 saturated carbocycles. The first-order chi connectivity index (χ1) is 12.0. The largest absolute Gasteiger partial charge is 0.413 e. The number of hydrogen-bond acceptors (Lipinski definition) is 3. The fourth-order valence-electron chi connectivity index (χ4n) is 2.34. The van der Waals surface area contributed by atoms with Crippen LogP contribution < -0.4 is 0 Å². The molecule has 0 aliphatic carbocycles. The topological polar surface area (TPSA) is 42.2 Å². The molecule has 0 bridgehead atoms. The summed E-state index contributed by atoms with van der Waals surface area (Å²) in [6.07, 6.45) is 7.88. The average Bonchev–Trinajstić information content (AvgIpc) is 2.47. The first-order valence-corrected chi connectivity index (χ1v) is 15.6. The summed E-state index contributed by atoms with van der Waals surface area (Å²) in [5.41, 5.74) is 0. The highest BCUT2D eigenvalue weighted by Crippen LogP contribution is 2.41. The Balaban J connectivity index is 5.87. The summed E-state index contributed by atoms with van der Waals surface area (Å²) in [6.45, 7) is 26.2. The zero-order chi connectivity index (χ0) is 21.7. The van der Waals surface area contributed by atoms with Gasteiger partial charge in [-0.2, -0.15) is 5.26 Å². The number of terminal acetylenes is 1. The lowest BCUT2D eigenvalue weighted by Crippen LogP contribution is -2.50. The molecule has 0 amide bonds. The van der Waals surface area contributed by atoms with Crippen LogP contribution in [-0.2, 0) is 8.85 Å². The van der Waals surface area contributed by atoms with Crippen molar-refractivity contribution in [1.82, 2.24) is 0 Å². The van der Waals surface area contributed by atoms with Gasteiger partial charge in [0.1, 0.15) is 0 Å². The Labute approximate surface area is 170 Å². The Hall–Kier alpha value is -0.856. The summed E-state index contributed by atoms with van der Waals surface area (Å²) in [4.78, 5) is 0. The van der Waals surface area contributed by atoms with E-state index >= 15 is 0 Å². The van der Waals surface area contributed by atoms with Gasteiger partial charge in [0.25, 0.3) is 0 Å². The third kappa shape index (κ3) is 7.24. The highest BCUT2D eigenvalue weighted by molar-refractivity contribution is 6.74. The minimum Gasteiger partial charge on any atom is -0.413 e. The van der Waals surface area contributed by atoms with Crippen molar-refractivity contribution in [3.05, 3.63) is 12.7 Å². The third-order valence-electron chi connectivity index (χ3n) is 6.27. The highest BCUT2D eigenvalue weighted by Gasteiger charge is 2.44. The molecule has 0 saturated heterocycles. The first kappa shape index (κ1) is 26.1. The lowest BCUT2D eigenvalue weighted by atomic mass is 9.91. The smallest absolute Gasteiger partial charge is 0.192 e. The van der Waals surface area contributed by atoms with Gasteiger partial charge in [-0.1, -0.05) is 47.6 Å². The van der Waals surface area contributed by atoms with Gasteiger partial charge in [0.15, 0.2) is 16.6 Å². The normalized spacial score (nSPS) is 16.7. The van der Waals surface area contributed by atoms with Gasteiger partial charge >= 0.3 is 0 Å². The molecule has 0 N–H and O–H groups in total. The average molecular weight is 408 g/mol. The molecule has 0 aliphatic heterocycles. The first-order valence-electron chi connectivity index (χ1n) is 9.82. The summed E-state index contributed by atoms with van der Waals surface area (Å²) >= 11 is 0. The van der Waals surface area contributed by atoms with Gasteiger partial charge in [0.2, 0.25) is 0 Å². The van der Waals surface area contributed by atoms with Crippen molar-refractivity contribution in [3.63, 3.8) is 0 Å². The SMILES string of the molecule is C#CC[C@@H](O[Si](C)(C)C(C)(C)C)[C@@H](CC#N)[C@H](C=C)O[Si](C)(C)C(C)(C)C. The summed E-state index contributed by atoms with van der Waals surface area (Å²) in [7, 11) is -4.06. The number of nitrogens with zero attached hydrogens (tertiary/aromatic N) is 1. The van der Waals surface area contributed by atoms with E-state index in [0.29, 0.717) is 12.8 Å². The van der Waals surface area contributed by atoms with Gasteiger partial charge in [-0.15, -0.1) is 18.9 Å². The fraction of sp³-hybridized carbons (Fsp3) is 0.773. The van der Waals surface area contributed by atoms with Crippen molar-refractivity contribution in [3.8, 4) is 18.4 Å². The molecular weight excluding hydrogens is 366 g/mol. The van der Waals surface area contributed by atoms with Gasteiger partial charge < -0.3 is 8.85 Å². The number of hydrogen-bond donors (Lipinski definition) is 0. The number of nitriles is 1. The minimum atomic E-state index is -2.03. The van der Waals surface area contributed by atoms with Crippen molar-refractivity contribution >= 4 is 16.6 Å². The molecule has 154 valence electrons. The Bertz CT molecular complexity index is 571. The van der Waals surface area contributed by atoms with Crippen LogP contribution in [0.2, 0.25) is 36.3 Å². The van der Waals surface area contributed by atoms with Gasteiger partial charge in [0.05, 0.1) is 18.3 Å². The van der Waals surface area contributed by atoms with E-state index in [1.165, 1.54) is 0 Å². The lowest BCUT2D eigenvalue weighted by molar-refractivity contribution is 0.0528. The van der Waals surface area contributed by atoms with Crippen LogP contribution in [0.3, 0.4) is 0 Å². The van der Waals surface area contributed by atoms with Crippen LogP contribution in [0.25, 0.3) is 0 Å². The molecule has 0 aromatic heterocycles. The summed E-state index contributed by atoms with van der Waals surface area (Å²) in [5, 5.41) is 9.64. The van der Waals surface area contributed by atoms with Crippen molar-refractivity contribution in [2.45, 2.75) is 103 Å². The van der Waals surface area contributed by atoms with E-state index in [4.69, 9.17) is 15.3 Å². The zero-order valence-electron chi connectivity index (χ0n) is 19.3. The summed E-state index contributed by atoms with van der Waals surface area (Å²) in [6, 6.07) is 2.32. The van der Waals surface area contributed by atoms with E-state index in [2.05, 4.69) is 86.3 Å². The monoisotopic (exact) mass is 407 g/mol. The van der Waals surface area contributed by atoms with Gasteiger partial charge in [-0.05, 0) is 36.3 Å². The quantitative estimate of drug-likeness (QED) is 0.249. The second-order valence-electron chi connectivity index (χ2n) is 10.4. The Kier molecular flexibility index (Phi) is 9.26. The minimum absolute atomic E-state index is 0.0704. The number of rotatable bonds is 9. The highest BCUT2D eigenvalue weighted by atomic mass is 28.4. The van der Waals surface area contributed by atoms with Crippen molar-refractivity contribution in [1.29, 1.82) is 5.26 Å². The molecule has 0 radical (unpaired) electrons. The van der Waals surface area contributed by atoms with Crippen molar-refractivity contribution in [2.75, 3.05) is 0 Å². The second kappa shape index (κ2) is 9.57. The van der Waals surface area contributed by atoms with Crippen LogP contribution in [0.1, 0.15) is 54.4 Å². The second-order valence-corrected chi connectivity index (χ2v) is 19.9. The van der Waals surface area contributed by atoms with Crippen molar-refractivity contribution in [2.24, 2.45) is 5.92 Å². The molecule has 0 heterocycles. The summed E-state index contributed by atoms with van der Waals surface area (Å²) in [5.74, 6) is 2.64. The van der Waals surface area contributed by atoms with Gasteiger partial charge in [0, 0.05) is 18.8 Å². The van der Waals surface area contributed by atoms with Gasteiger partial charge in [-0.25, -0.2) is 0 Å². The predicted octanol–water partition coefficient (Wildman–Crippen LogP) is 6.51. The van der Waals surface area contributed by atoms with Gasteiger partial charge in [-0.3, -0.25) is 0 Å². The molecule has 27 heavy (non-hydrogen) atoms. The van der Waals surface area contributed by atoms with Crippen LogP contribution in [0, 0.1) is 29.6 Å². The fourth-order valence-corrected chi connectivity index (χ4v) is 5.02. The maximum absolute atomic E-state index is 9.49. The molecule has 0 unspecified atom stereocenters. The van der Waals surface area contributed by atoms with Crippen molar-refractivity contribution < 1.29 is 8.85 Å². The molecule has 0 aromatic rings. The molecule has 0 aliphatic rings. The third-order valence-corrected chi connectivity index (χ3v) is 15.2. The maximum atomic E-state index is 9.49. The van der Waals surface area contributed by atoms with E-state index in [9.17, 15) is 5.26 Å². The molecular formula is C22H41NO2Si2. The lowest BCUT2D eigenvalue weighted by Gasteiger charge is -2.44. The van der Waals surface area contributed by atoms with Crippen LogP contribution in [0.15, 0.2) is 12.7 Å². The van der Waals surface area contributed by atoms with Crippen LogP contribution in [0.5, 0.6) is 0 Å². The Morgan fingerprint density at radius 2 is 1.41 bits per heavy atom. The van der Waals surface area contributed by atoms with E-state index in [1.807, 2.05) is 6.08 Å². The van der Waals surface area contributed by atoms with E-state index in [1.54, 1.807) is 0 Å². The molecule has 5 heteroatoms. The van der Waals surface area contributed by atoms with Crippen LogP contribution in [-0.4, -0.2) is 28.8 Å². The maximum Gasteiger partial charge on any atom is 0.192 e. The zero-order valence-corrected chi connectivity index (χ0v) is 21.3. The van der Waals surface area contributed by atoms with E-state index in [0.717, 1.165) is 0 Å². The molecule has 0 spiro atoms. The standard InChI is InChI=1S/C22H41NO2Si2/c1-13-15-20(25-27(11,12)22(6,7)8)18(16-17-23)19(14-2)24-26(9,10)21(3,4)5/h1,14,18-20H,2,15-16H2,3-12H3/t18-,19-,20+/m0/s1. The Morgan fingerprint density at radius 3 is 1.74 bits per heavy atom. The predicted molar refractivity (Wildman–Crippen MR) is 122 cm³/mol. The van der Waals surface area contributed by atoms with Crippen LogP contribution in [0.4, 0.5) is 0 Å². The molecule has 0 rings (SSSR count). The summed E-state index contributed by atoms with van der Waals surface area (Å²) < 4.78 is 13.3. The van der Waals surface area contributed by atoms with Crippen LogP contribution >= 0.6 is 0 Å².